The Hall–Kier alpha value is -2.03. The van der Waals surface area contributed by atoms with E-state index < -0.39 is 34.6 Å². The standard InChI is InChI=1S/C16H16F3NO2/c1-14(2,3)22-13(21)15(9-20)8-12(15)10-4-6-11(7-5-10)16(17,18)19/h4-7,12H,8H2,1-3H3/t12-,15-/m0/s1. The van der Waals surface area contributed by atoms with Crippen molar-refractivity contribution in [2.75, 3.05) is 0 Å². The van der Waals surface area contributed by atoms with E-state index in [9.17, 15) is 23.2 Å². The van der Waals surface area contributed by atoms with Gasteiger partial charge >= 0.3 is 12.1 Å². The molecule has 2 rings (SSSR count). The van der Waals surface area contributed by atoms with Gasteiger partial charge in [-0.05, 0) is 44.9 Å². The van der Waals surface area contributed by atoms with Gasteiger partial charge in [-0.3, -0.25) is 4.79 Å². The molecule has 1 saturated carbocycles. The molecule has 1 aromatic rings. The molecule has 1 fully saturated rings. The van der Waals surface area contributed by atoms with E-state index in [1.54, 1.807) is 20.8 Å². The summed E-state index contributed by atoms with van der Waals surface area (Å²) < 4.78 is 42.9. The van der Waals surface area contributed by atoms with Crippen LogP contribution in [0.4, 0.5) is 13.2 Å². The summed E-state index contributed by atoms with van der Waals surface area (Å²) in [6.45, 7) is 5.10. The molecule has 0 heterocycles. The number of nitriles is 1. The van der Waals surface area contributed by atoms with Crippen LogP contribution in [-0.2, 0) is 15.7 Å². The first-order valence-corrected chi connectivity index (χ1v) is 6.81. The largest absolute Gasteiger partial charge is 0.459 e. The highest BCUT2D eigenvalue weighted by atomic mass is 19.4. The van der Waals surface area contributed by atoms with Gasteiger partial charge in [0.25, 0.3) is 0 Å². The first kappa shape index (κ1) is 16.3. The summed E-state index contributed by atoms with van der Waals surface area (Å²) in [5.74, 6) is -1.04. The highest BCUT2D eigenvalue weighted by Gasteiger charge is 2.63. The Kier molecular flexibility index (Phi) is 3.72. The number of esters is 1. The summed E-state index contributed by atoms with van der Waals surface area (Å²) in [5.41, 5.74) is -2.21. The van der Waals surface area contributed by atoms with E-state index in [1.807, 2.05) is 6.07 Å². The molecular formula is C16H16F3NO2. The third kappa shape index (κ3) is 3.08. The molecule has 118 valence electrons. The first-order chi connectivity index (χ1) is 9.99. The third-order valence-corrected chi connectivity index (χ3v) is 3.56. The van der Waals surface area contributed by atoms with E-state index in [1.165, 1.54) is 12.1 Å². The van der Waals surface area contributed by atoms with Crippen LogP contribution in [0.2, 0.25) is 0 Å². The molecule has 2 atom stereocenters. The topological polar surface area (TPSA) is 50.1 Å². The first-order valence-electron chi connectivity index (χ1n) is 6.81. The van der Waals surface area contributed by atoms with Crippen LogP contribution in [0.5, 0.6) is 0 Å². The van der Waals surface area contributed by atoms with E-state index >= 15 is 0 Å². The minimum atomic E-state index is -4.40. The van der Waals surface area contributed by atoms with Crippen molar-refractivity contribution >= 4 is 5.97 Å². The van der Waals surface area contributed by atoms with Crippen LogP contribution >= 0.6 is 0 Å². The number of hydrogen-bond donors (Lipinski definition) is 0. The highest BCUT2D eigenvalue weighted by molar-refractivity contribution is 5.86. The van der Waals surface area contributed by atoms with Crippen molar-refractivity contribution in [2.24, 2.45) is 5.41 Å². The predicted molar refractivity (Wildman–Crippen MR) is 72.7 cm³/mol. The molecule has 0 bridgehead atoms. The molecule has 0 aliphatic heterocycles. The van der Waals surface area contributed by atoms with Crippen molar-refractivity contribution in [3.8, 4) is 6.07 Å². The lowest BCUT2D eigenvalue weighted by molar-refractivity contribution is -0.159. The number of nitrogens with zero attached hydrogens (tertiary/aromatic N) is 1. The van der Waals surface area contributed by atoms with E-state index in [4.69, 9.17) is 4.74 Å². The summed E-state index contributed by atoms with van der Waals surface area (Å²) >= 11 is 0. The lowest BCUT2D eigenvalue weighted by atomic mass is 9.99. The average molecular weight is 311 g/mol. The van der Waals surface area contributed by atoms with Gasteiger partial charge < -0.3 is 4.74 Å². The number of carbonyl (C=O) groups excluding carboxylic acids is 1. The van der Waals surface area contributed by atoms with Gasteiger partial charge in [0.05, 0.1) is 11.6 Å². The number of benzene rings is 1. The van der Waals surface area contributed by atoms with Gasteiger partial charge in [0.15, 0.2) is 5.41 Å². The fraction of sp³-hybridized carbons (Fsp3) is 0.500. The molecule has 0 amide bonds. The lowest BCUT2D eigenvalue weighted by Crippen LogP contribution is -2.29. The number of halogens is 3. The van der Waals surface area contributed by atoms with Gasteiger partial charge in [-0.15, -0.1) is 0 Å². The predicted octanol–water partition coefficient (Wildman–Crippen LogP) is 4.04. The Balaban J connectivity index is 2.19. The summed E-state index contributed by atoms with van der Waals surface area (Å²) in [5, 5.41) is 9.31. The smallest absolute Gasteiger partial charge is 0.416 e. The van der Waals surface area contributed by atoms with Gasteiger partial charge in [-0.2, -0.15) is 18.4 Å². The van der Waals surface area contributed by atoms with E-state index in [0.717, 1.165) is 12.1 Å². The molecule has 6 heteroatoms. The van der Waals surface area contributed by atoms with Crippen LogP contribution in [0.25, 0.3) is 0 Å². The van der Waals surface area contributed by atoms with Gasteiger partial charge in [-0.1, -0.05) is 12.1 Å². The molecule has 0 spiro atoms. The number of carbonyl (C=O) groups is 1. The second kappa shape index (κ2) is 5.01. The number of alkyl halides is 3. The minimum Gasteiger partial charge on any atom is -0.459 e. The van der Waals surface area contributed by atoms with Gasteiger partial charge in [0.1, 0.15) is 5.60 Å². The Morgan fingerprint density at radius 1 is 1.27 bits per heavy atom. The van der Waals surface area contributed by atoms with Crippen LogP contribution in [0.3, 0.4) is 0 Å². The van der Waals surface area contributed by atoms with E-state index in [-0.39, 0.29) is 6.42 Å². The molecule has 0 radical (unpaired) electrons. The van der Waals surface area contributed by atoms with Crippen molar-refractivity contribution in [3.63, 3.8) is 0 Å². The number of rotatable bonds is 2. The Labute approximate surface area is 126 Å². The second-order valence-electron chi connectivity index (χ2n) is 6.46. The normalized spacial score (nSPS) is 24.5. The lowest BCUT2D eigenvalue weighted by Gasteiger charge is -2.21. The molecule has 22 heavy (non-hydrogen) atoms. The van der Waals surface area contributed by atoms with E-state index in [2.05, 4.69) is 0 Å². The zero-order chi connectivity index (χ0) is 16.8. The molecule has 0 N–H and O–H groups in total. The Bertz CT molecular complexity index is 623. The van der Waals surface area contributed by atoms with Crippen molar-refractivity contribution in [1.29, 1.82) is 5.26 Å². The van der Waals surface area contributed by atoms with Gasteiger partial charge in [-0.25, -0.2) is 0 Å². The minimum absolute atomic E-state index is 0.268. The molecular weight excluding hydrogens is 295 g/mol. The van der Waals surface area contributed by atoms with Crippen LogP contribution in [0, 0.1) is 16.7 Å². The van der Waals surface area contributed by atoms with Crippen LogP contribution in [0.1, 0.15) is 44.2 Å². The van der Waals surface area contributed by atoms with Crippen molar-refractivity contribution in [1.82, 2.24) is 0 Å². The Morgan fingerprint density at radius 3 is 2.23 bits per heavy atom. The fourth-order valence-electron chi connectivity index (χ4n) is 2.33. The maximum Gasteiger partial charge on any atom is 0.416 e. The quantitative estimate of drug-likeness (QED) is 0.774. The summed E-state index contributed by atoms with van der Waals surface area (Å²) in [7, 11) is 0. The molecule has 0 unspecified atom stereocenters. The van der Waals surface area contributed by atoms with Crippen molar-refractivity contribution in [2.45, 2.75) is 44.9 Å². The second-order valence-corrected chi connectivity index (χ2v) is 6.46. The summed E-state index contributed by atoms with van der Waals surface area (Å²) in [4.78, 5) is 12.2. The molecule has 0 saturated heterocycles. The summed E-state index contributed by atoms with van der Waals surface area (Å²) in [6, 6.07) is 6.53. The zero-order valence-electron chi connectivity index (χ0n) is 12.5. The van der Waals surface area contributed by atoms with Crippen LogP contribution in [0.15, 0.2) is 24.3 Å². The van der Waals surface area contributed by atoms with Gasteiger partial charge in [0, 0.05) is 5.92 Å². The molecule has 1 aromatic carbocycles. The summed E-state index contributed by atoms with van der Waals surface area (Å²) in [6.07, 6.45) is -4.14. The SMILES string of the molecule is CC(C)(C)OC(=O)[C@]1(C#N)C[C@H]1c1ccc(C(F)(F)F)cc1. The maximum atomic E-state index is 12.5. The van der Waals surface area contributed by atoms with Crippen molar-refractivity contribution < 1.29 is 22.7 Å². The van der Waals surface area contributed by atoms with Crippen LogP contribution < -0.4 is 0 Å². The zero-order valence-corrected chi connectivity index (χ0v) is 12.5. The number of ether oxygens (including phenoxy) is 1. The number of hydrogen-bond acceptors (Lipinski definition) is 3. The van der Waals surface area contributed by atoms with Gasteiger partial charge in [0.2, 0.25) is 0 Å². The highest BCUT2D eigenvalue weighted by Crippen LogP contribution is 2.60. The molecule has 1 aliphatic rings. The molecule has 0 aromatic heterocycles. The van der Waals surface area contributed by atoms with Crippen molar-refractivity contribution in [3.05, 3.63) is 35.4 Å². The molecule has 3 nitrogen and oxygen atoms in total. The average Bonchev–Trinajstić information content (AvgIpc) is 3.12. The molecule has 1 aliphatic carbocycles. The Morgan fingerprint density at radius 2 is 1.82 bits per heavy atom. The maximum absolute atomic E-state index is 12.5. The monoisotopic (exact) mass is 311 g/mol. The van der Waals surface area contributed by atoms with Crippen LogP contribution in [-0.4, -0.2) is 11.6 Å². The third-order valence-electron chi connectivity index (χ3n) is 3.56. The fourth-order valence-corrected chi connectivity index (χ4v) is 2.33. The van der Waals surface area contributed by atoms with E-state index in [0.29, 0.717) is 5.56 Å².